The van der Waals surface area contributed by atoms with Crippen LogP contribution in [0.25, 0.3) is 0 Å². The number of ether oxygens (including phenoxy) is 1. The highest BCUT2D eigenvalue weighted by atomic mass is 16.5. The summed E-state index contributed by atoms with van der Waals surface area (Å²) in [5, 5.41) is 2.86. The number of carbonyl (C=O) groups is 1. The molecular weight excluding hydrogens is 264 g/mol. The van der Waals surface area contributed by atoms with Crippen molar-refractivity contribution in [1.82, 2.24) is 0 Å². The zero-order valence-electron chi connectivity index (χ0n) is 12.3. The predicted molar refractivity (Wildman–Crippen MR) is 84.5 cm³/mol. The monoisotopic (exact) mass is 284 g/mol. The number of rotatable bonds is 5. The van der Waals surface area contributed by atoms with E-state index in [2.05, 4.69) is 5.32 Å². The lowest BCUT2D eigenvalue weighted by Crippen LogP contribution is -2.37. The largest absolute Gasteiger partial charge is 0.497 e. The molecule has 0 bridgehead atoms. The van der Waals surface area contributed by atoms with E-state index in [-0.39, 0.29) is 5.91 Å². The van der Waals surface area contributed by atoms with Gasteiger partial charge in [0.05, 0.1) is 13.2 Å². The van der Waals surface area contributed by atoms with Gasteiger partial charge in [0.2, 0.25) is 5.91 Å². The van der Waals surface area contributed by atoms with Gasteiger partial charge in [0.15, 0.2) is 0 Å². The summed E-state index contributed by atoms with van der Waals surface area (Å²) in [6.45, 7) is 1.92. The number of nitrogens with one attached hydrogen (secondary N) is 1. The van der Waals surface area contributed by atoms with Crippen LogP contribution in [0.4, 0.5) is 5.69 Å². The molecule has 0 aliphatic heterocycles. The van der Waals surface area contributed by atoms with Gasteiger partial charge in [-0.1, -0.05) is 30.3 Å². The summed E-state index contributed by atoms with van der Waals surface area (Å²) in [6.07, 6.45) is 0.516. The number of amides is 1. The maximum absolute atomic E-state index is 12.2. The second-order valence-electron chi connectivity index (χ2n) is 4.97. The van der Waals surface area contributed by atoms with E-state index in [1.54, 1.807) is 7.11 Å². The number of hydrogen-bond donors (Lipinski definition) is 2. The Morgan fingerprint density at radius 3 is 2.57 bits per heavy atom. The Morgan fingerprint density at radius 1 is 1.24 bits per heavy atom. The van der Waals surface area contributed by atoms with Crippen LogP contribution in [0.2, 0.25) is 0 Å². The molecule has 0 aromatic heterocycles. The van der Waals surface area contributed by atoms with Crippen molar-refractivity contribution >= 4 is 11.6 Å². The molecule has 4 nitrogen and oxygen atoms in total. The van der Waals surface area contributed by atoms with Crippen molar-refractivity contribution in [1.29, 1.82) is 0 Å². The molecule has 110 valence electrons. The molecule has 2 rings (SSSR count). The van der Waals surface area contributed by atoms with Crippen LogP contribution < -0.4 is 15.8 Å². The fourth-order valence-electron chi connectivity index (χ4n) is 2.09. The highest BCUT2D eigenvalue weighted by molar-refractivity contribution is 5.95. The van der Waals surface area contributed by atoms with Crippen molar-refractivity contribution in [2.45, 2.75) is 19.4 Å². The minimum atomic E-state index is -0.575. The normalized spacial score (nSPS) is 11.8. The predicted octanol–water partition coefficient (Wildman–Crippen LogP) is 2.51. The lowest BCUT2D eigenvalue weighted by Gasteiger charge is -2.14. The first kappa shape index (κ1) is 15.1. The van der Waals surface area contributed by atoms with Crippen molar-refractivity contribution in [3.8, 4) is 5.75 Å². The molecule has 21 heavy (non-hydrogen) atoms. The van der Waals surface area contributed by atoms with Crippen molar-refractivity contribution in [2.75, 3.05) is 12.4 Å². The molecule has 0 unspecified atom stereocenters. The third-order valence-corrected chi connectivity index (χ3v) is 3.33. The quantitative estimate of drug-likeness (QED) is 0.886. The van der Waals surface area contributed by atoms with Crippen LogP contribution in [0.5, 0.6) is 5.75 Å². The maximum atomic E-state index is 12.2. The lowest BCUT2D eigenvalue weighted by molar-refractivity contribution is -0.117. The molecule has 4 heteroatoms. The number of methoxy groups -OCH3 is 1. The topological polar surface area (TPSA) is 64.3 Å². The van der Waals surface area contributed by atoms with E-state index < -0.39 is 6.04 Å². The van der Waals surface area contributed by atoms with Gasteiger partial charge in [-0.25, -0.2) is 0 Å². The average Bonchev–Trinajstić information content (AvgIpc) is 2.50. The second kappa shape index (κ2) is 6.90. The second-order valence-corrected chi connectivity index (χ2v) is 4.97. The number of anilines is 1. The molecule has 2 aromatic rings. The van der Waals surface area contributed by atoms with Gasteiger partial charge in [-0.3, -0.25) is 4.79 Å². The Labute approximate surface area is 124 Å². The third kappa shape index (κ3) is 4.07. The van der Waals surface area contributed by atoms with Crippen LogP contribution in [0.1, 0.15) is 11.1 Å². The highest BCUT2D eigenvalue weighted by Crippen LogP contribution is 2.21. The van der Waals surface area contributed by atoms with Crippen molar-refractivity contribution in [3.63, 3.8) is 0 Å². The zero-order valence-corrected chi connectivity index (χ0v) is 12.3. The van der Waals surface area contributed by atoms with E-state index in [1.165, 1.54) is 0 Å². The van der Waals surface area contributed by atoms with Gasteiger partial charge in [-0.2, -0.15) is 0 Å². The molecule has 0 aliphatic carbocycles. The van der Waals surface area contributed by atoms with E-state index in [1.807, 2.05) is 55.5 Å². The maximum Gasteiger partial charge on any atom is 0.241 e. The molecule has 3 N–H and O–H groups in total. The van der Waals surface area contributed by atoms with Gasteiger partial charge in [-0.05, 0) is 42.7 Å². The van der Waals surface area contributed by atoms with Crippen molar-refractivity contribution < 1.29 is 9.53 Å². The lowest BCUT2D eigenvalue weighted by atomic mass is 10.1. The van der Waals surface area contributed by atoms with Crippen LogP contribution in [0.3, 0.4) is 0 Å². The van der Waals surface area contributed by atoms with Gasteiger partial charge in [0.25, 0.3) is 0 Å². The summed E-state index contributed by atoms with van der Waals surface area (Å²) in [5.74, 6) is 0.575. The molecule has 1 amide bonds. The van der Waals surface area contributed by atoms with Gasteiger partial charge >= 0.3 is 0 Å². The Morgan fingerprint density at radius 2 is 1.95 bits per heavy atom. The first-order chi connectivity index (χ1) is 10.1. The SMILES string of the molecule is COc1ccc(NC(=O)[C@H](N)Cc2ccccc2)c(C)c1. The molecule has 0 fully saturated rings. The van der Waals surface area contributed by atoms with Crippen molar-refractivity contribution in [3.05, 3.63) is 59.7 Å². The fourth-order valence-corrected chi connectivity index (χ4v) is 2.09. The van der Waals surface area contributed by atoms with Crippen LogP contribution in [-0.2, 0) is 11.2 Å². The smallest absolute Gasteiger partial charge is 0.241 e. The van der Waals surface area contributed by atoms with E-state index in [4.69, 9.17) is 10.5 Å². The molecule has 2 aromatic carbocycles. The first-order valence-electron chi connectivity index (χ1n) is 6.85. The molecule has 0 heterocycles. The van der Waals surface area contributed by atoms with E-state index in [0.717, 1.165) is 22.6 Å². The number of nitrogens with two attached hydrogens (primary N) is 1. The minimum absolute atomic E-state index is 0.188. The molecule has 0 saturated heterocycles. The van der Waals surface area contributed by atoms with Crippen LogP contribution in [-0.4, -0.2) is 19.1 Å². The highest BCUT2D eigenvalue weighted by Gasteiger charge is 2.15. The van der Waals surface area contributed by atoms with Crippen LogP contribution in [0, 0.1) is 6.92 Å². The molecule has 0 radical (unpaired) electrons. The van der Waals surface area contributed by atoms with Gasteiger partial charge < -0.3 is 15.8 Å². The van der Waals surface area contributed by atoms with Gasteiger partial charge in [0.1, 0.15) is 5.75 Å². The van der Waals surface area contributed by atoms with Crippen molar-refractivity contribution in [2.24, 2.45) is 5.73 Å². The minimum Gasteiger partial charge on any atom is -0.497 e. The molecule has 1 atom stereocenters. The number of carbonyl (C=O) groups excluding carboxylic acids is 1. The Kier molecular flexibility index (Phi) is 4.95. The standard InChI is InChI=1S/C17H20N2O2/c1-12-10-14(21-2)8-9-16(12)19-17(20)15(18)11-13-6-4-3-5-7-13/h3-10,15H,11,18H2,1-2H3,(H,19,20)/t15-/m1/s1. The number of hydrogen-bond acceptors (Lipinski definition) is 3. The van der Waals surface area contributed by atoms with Gasteiger partial charge in [-0.15, -0.1) is 0 Å². The van der Waals surface area contributed by atoms with E-state index >= 15 is 0 Å². The third-order valence-electron chi connectivity index (χ3n) is 3.33. The van der Waals surface area contributed by atoms with E-state index in [0.29, 0.717) is 6.42 Å². The number of aryl methyl sites for hydroxylation is 1. The van der Waals surface area contributed by atoms with Crippen LogP contribution >= 0.6 is 0 Å². The Bertz CT molecular complexity index is 611. The van der Waals surface area contributed by atoms with Crippen LogP contribution in [0.15, 0.2) is 48.5 Å². The summed E-state index contributed by atoms with van der Waals surface area (Å²) in [6, 6.07) is 14.7. The molecule has 0 saturated carbocycles. The summed E-state index contributed by atoms with van der Waals surface area (Å²) >= 11 is 0. The Hall–Kier alpha value is -2.33. The first-order valence-corrected chi connectivity index (χ1v) is 6.85. The number of benzene rings is 2. The van der Waals surface area contributed by atoms with Gasteiger partial charge in [0, 0.05) is 5.69 Å². The summed E-state index contributed by atoms with van der Waals surface area (Å²) in [4.78, 5) is 12.2. The fraction of sp³-hybridized carbons (Fsp3) is 0.235. The summed E-state index contributed by atoms with van der Waals surface area (Å²) in [7, 11) is 1.61. The zero-order chi connectivity index (χ0) is 15.2. The molecular formula is C17H20N2O2. The van der Waals surface area contributed by atoms with E-state index in [9.17, 15) is 4.79 Å². The summed E-state index contributed by atoms with van der Waals surface area (Å²) < 4.78 is 5.14. The average molecular weight is 284 g/mol. The Balaban J connectivity index is 2.00. The molecule has 0 aliphatic rings. The molecule has 0 spiro atoms. The summed E-state index contributed by atoms with van der Waals surface area (Å²) in [5.41, 5.74) is 8.71.